The van der Waals surface area contributed by atoms with Crippen LogP contribution in [0.3, 0.4) is 0 Å². The Kier molecular flexibility index (Phi) is 4.12. The predicted molar refractivity (Wildman–Crippen MR) is 80.0 cm³/mol. The van der Waals surface area contributed by atoms with Gasteiger partial charge in [0.15, 0.2) is 0 Å². The van der Waals surface area contributed by atoms with Crippen molar-refractivity contribution in [1.29, 1.82) is 0 Å². The second-order valence-electron chi connectivity index (χ2n) is 5.95. The van der Waals surface area contributed by atoms with Gasteiger partial charge >= 0.3 is 0 Å². The number of aromatic nitrogens is 2. The Labute approximate surface area is 125 Å². The molecule has 5 heteroatoms. The van der Waals surface area contributed by atoms with Crippen LogP contribution in [-0.4, -0.2) is 33.3 Å². The molecule has 3 rings (SSSR count). The summed E-state index contributed by atoms with van der Waals surface area (Å²) in [6.07, 6.45) is 2.06. The largest absolute Gasteiger partial charge is 0.466 e. The maximum absolute atomic E-state index is 9.32. The molecule has 1 unspecified atom stereocenters. The van der Waals surface area contributed by atoms with E-state index in [4.69, 9.17) is 4.42 Å². The van der Waals surface area contributed by atoms with E-state index in [1.54, 1.807) is 0 Å². The number of nitrogens with one attached hydrogen (secondary N) is 1. The molecule has 3 heterocycles. The van der Waals surface area contributed by atoms with Crippen LogP contribution in [0, 0.1) is 6.92 Å². The minimum Gasteiger partial charge on any atom is -0.466 e. The summed E-state index contributed by atoms with van der Waals surface area (Å²) < 4.78 is 5.70. The van der Waals surface area contributed by atoms with Gasteiger partial charge in [0.2, 0.25) is 0 Å². The fourth-order valence-corrected chi connectivity index (χ4v) is 2.97. The van der Waals surface area contributed by atoms with E-state index in [1.165, 1.54) is 11.3 Å². The summed E-state index contributed by atoms with van der Waals surface area (Å²) in [6, 6.07) is 4.10. The van der Waals surface area contributed by atoms with Crippen LogP contribution in [-0.2, 0) is 19.6 Å². The summed E-state index contributed by atoms with van der Waals surface area (Å²) in [7, 11) is 0. The molecule has 0 saturated carbocycles. The van der Waals surface area contributed by atoms with Gasteiger partial charge in [-0.2, -0.15) is 5.10 Å². The van der Waals surface area contributed by atoms with Gasteiger partial charge in [-0.3, -0.25) is 10.00 Å². The lowest BCUT2D eigenvalue weighted by Crippen LogP contribution is -2.32. The maximum Gasteiger partial charge on any atom is 0.107 e. The third-order valence-corrected chi connectivity index (χ3v) is 4.37. The van der Waals surface area contributed by atoms with E-state index < -0.39 is 0 Å². The van der Waals surface area contributed by atoms with Crippen molar-refractivity contribution in [3.05, 3.63) is 40.6 Å². The molecular formula is C16H23N3O2. The zero-order chi connectivity index (χ0) is 14.8. The Hall–Kier alpha value is -1.59. The summed E-state index contributed by atoms with van der Waals surface area (Å²) in [5.74, 6) is 2.48. The highest BCUT2D eigenvalue weighted by Crippen LogP contribution is 2.24. The topological polar surface area (TPSA) is 65.3 Å². The number of hydrogen-bond acceptors (Lipinski definition) is 4. The van der Waals surface area contributed by atoms with Crippen molar-refractivity contribution < 1.29 is 9.52 Å². The fourth-order valence-electron chi connectivity index (χ4n) is 2.97. The van der Waals surface area contributed by atoms with Gasteiger partial charge in [0.25, 0.3) is 0 Å². The van der Waals surface area contributed by atoms with E-state index in [2.05, 4.69) is 28.1 Å². The summed E-state index contributed by atoms with van der Waals surface area (Å²) in [5.41, 5.74) is 3.17. The maximum atomic E-state index is 9.32. The second kappa shape index (κ2) is 6.03. The van der Waals surface area contributed by atoms with E-state index in [1.807, 2.05) is 13.0 Å². The molecule has 1 atom stereocenters. The molecule has 0 radical (unpaired) electrons. The number of H-pyrrole nitrogens is 1. The highest BCUT2D eigenvalue weighted by molar-refractivity contribution is 5.27. The van der Waals surface area contributed by atoms with Crippen LogP contribution in [0.4, 0.5) is 0 Å². The van der Waals surface area contributed by atoms with Crippen molar-refractivity contribution in [2.45, 2.75) is 45.8 Å². The first-order chi connectivity index (χ1) is 10.2. The van der Waals surface area contributed by atoms with Crippen LogP contribution < -0.4 is 0 Å². The van der Waals surface area contributed by atoms with Crippen LogP contribution in [0.15, 0.2) is 16.5 Å². The van der Waals surface area contributed by atoms with Gasteiger partial charge in [0, 0.05) is 36.7 Å². The molecule has 0 aromatic carbocycles. The van der Waals surface area contributed by atoms with Crippen molar-refractivity contribution in [3.63, 3.8) is 0 Å². The fraction of sp³-hybridized carbons (Fsp3) is 0.562. The number of furan rings is 1. The number of aliphatic hydroxyl groups excluding tert-OH is 1. The highest BCUT2D eigenvalue weighted by Gasteiger charge is 2.22. The molecule has 0 spiro atoms. The molecule has 1 aliphatic heterocycles. The number of fused-ring (bicyclic) bond motifs is 1. The molecule has 2 aromatic heterocycles. The van der Waals surface area contributed by atoms with Crippen molar-refractivity contribution in [1.82, 2.24) is 15.1 Å². The third kappa shape index (κ3) is 3.04. The van der Waals surface area contributed by atoms with Gasteiger partial charge in [-0.15, -0.1) is 0 Å². The van der Waals surface area contributed by atoms with Gasteiger partial charge in [-0.1, -0.05) is 6.92 Å². The lowest BCUT2D eigenvalue weighted by atomic mass is 10.0. The lowest BCUT2D eigenvalue weighted by molar-refractivity contribution is 0.234. The minimum atomic E-state index is 0.0156. The van der Waals surface area contributed by atoms with Crippen molar-refractivity contribution in [2.24, 2.45) is 0 Å². The summed E-state index contributed by atoms with van der Waals surface area (Å²) in [5, 5.41) is 16.5. The predicted octanol–water partition coefficient (Wildman–Crippen LogP) is 2.36. The van der Waals surface area contributed by atoms with E-state index in [0.29, 0.717) is 5.92 Å². The molecule has 21 heavy (non-hydrogen) atoms. The molecule has 0 fully saturated rings. The van der Waals surface area contributed by atoms with Gasteiger partial charge in [-0.25, -0.2) is 0 Å². The van der Waals surface area contributed by atoms with E-state index >= 15 is 0 Å². The van der Waals surface area contributed by atoms with Crippen molar-refractivity contribution in [2.75, 3.05) is 13.1 Å². The monoisotopic (exact) mass is 289 g/mol. The smallest absolute Gasteiger partial charge is 0.107 e. The van der Waals surface area contributed by atoms with E-state index in [-0.39, 0.29) is 6.61 Å². The number of rotatable bonds is 5. The van der Waals surface area contributed by atoms with Gasteiger partial charge in [0.05, 0.1) is 12.3 Å². The first-order valence-corrected chi connectivity index (χ1v) is 7.62. The van der Waals surface area contributed by atoms with Gasteiger partial charge in [-0.05, 0) is 32.0 Å². The molecule has 0 bridgehead atoms. The summed E-state index contributed by atoms with van der Waals surface area (Å²) >= 11 is 0. The first kappa shape index (κ1) is 14.4. The normalized spacial score (nSPS) is 16.9. The van der Waals surface area contributed by atoms with E-state index in [0.717, 1.165) is 49.7 Å². The van der Waals surface area contributed by atoms with Crippen LogP contribution in [0.2, 0.25) is 0 Å². The van der Waals surface area contributed by atoms with Crippen molar-refractivity contribution >= 4 is 0 Å². The van der Waals surface area contributed by atoms with E-state index in [9.17, 15) is 5.11 Å². The average molecular weight is 289 g/mol. The Morgan fingerprint density at radius 1 is 1.48 bits per heavy atom. The molecule has 2 N–H and O–H groups in total. The second-order valence-corrected chi connectivity index (χ2v) is 5.95. The molecular weight excluding hydrogens is 266 g/mol. The molecule has 0 amide bonds. The number of aryl methyl sites for hydroxylation is 1. The first-order valence-electron chi connectivity index (χ1n) is 7.62. The number of hydrogen-bond donors (Lipinski definition) is 2. The molecule has 0 saturated heterocycles. The van der Waals surface area contributed by atoms with Crippen LogP contribution in [0.25, 0.3) is 0 Å². The molecule has 5 nitrogen and oxygen atoms in total. The summed E-state index contributed by atoms with van der Waals surface area (Å²) in [6.45, 7) is 7.18. The van der Waals surface area contributed by atoms with Crippen LogP contribution in [0.1, 0.15) is 47.7 Å². The summed E-state index contributed by atoms with van der Waals surface area (Å²) in [4.78, 5) is 2.43. The van der Waals surface area contributed by atoms with Gasteiger partial charge < -0.3 is 9.52 Å². The molecule has 2 aromatic rings. The number of aliphatic hydroxyl groups is 1. The highest BCUT2D eigenvalue weighted by atomic mass is 16.3. The van der Waals surface area contributed by atoms with Crippen LogP contribution in [0.5, 0.6) is 0 Å². The standard InChI is InChI=1S/C16H23N3O2/c1-11(16-4-3-12(2)21-16)5-7-19-8-6-14-13(9-19)15(10-20)18-17-14/h3-4,11,20H,5-10H2,1-2H3,(H,17,18). The van der Waals surface area contributed by atoms with Crippen molar-refractivity contribution in [3.8, 4) is 0 Å². The lowest BCUT2D eigenvalue weighted by Gasteiger charge is -2.27. The average Bonchev–Trinajstić information content (AvgIpc) is 3.10. The SMILES string of the molecule is Cc1ccc(C(C)CCN2CCc3[nH]nc(CO)c3C2)o1. The third-order valence-electron chi connectivity index (χ3n) is 4.37. The quantitative estimate of drug-likeness (QED) is 0.887. The number of aromatic amines is 1. The van der Waals surface area contributed by atoms with Crippen LogP contribution >= 0.6 is 0 Å². The zero-order valence-electron chi connectivity index (χ0n) is 12.7. The zero-order valence-corrected chi connectivity index (χ0v) is 12.7. The Morgan fingerprint density at radius 2 is 2.33 bits per heavy atom. The minimum absolute atomic E-state index is 0.0156. The molecule has 1 aliphatic rings. The number of nitrogens with zero attached hydrogens (tertiary/aromatic N) is 2. The Bertz CT molecular complexity index is 589. The Balaban J connectivity index is 1.57. The molecule has 114 valence electrons. The molecule has 0 aliphatic carbocycles. The Morgan fingerprint density at radius 3 is 3.05 bits per heavy atom. The van der Waals surface area contributed by atoms with Gasteiger partial charge in [0.1, 0.15) is 11.5 Å².